The molecule has 0 bridgehead atoms. The number of hydrogen-bond acceptors (Lipinski definition) is 1. The minimum atomic E-state index is -1.06. The second-order valence-electron chi connectivity index (χ2n) is 1.25. The van der Waals surface area contributed by atoms with Crippen LogP contribution in [0, 0.1) is 0 Å². The van der Waals surface area contributed by atoms with Gasteiger partial charge in [0.05, 0.1) is 0 Å². The third-order valence-electron chi connectivity index (χ3n) is 0.632. The summed E-state index contributed by atoms with van der Waals surface area (Å²) in [5, 5.41) is 0. The van der Waals surface area contributed by atoms with Crippen LogP contribution >= 0.6 is 0 Å². The van der Waals surface area contributed by atoms with Crippen LogP contribution in [0.15, 0.2) is 0 Å². The Morgan fingerprint density at radius 2 is 2.50 bits per heavy atom. The van der Waals surface area contributed by atoms with Crippen molar-refractivity contribution >= 4 is 21.1 Å². The summed E-state index contributed by atoms with van der Waals surface area (Å²) >= 11 is -1.06. The summed E-state index contributed by atoms with van der Waals surface area (Å²) in [5.74, 6) is 0. The first-order valence-electron chi connectivity index (χ1n) is 2.26. The van der Waals surface area contributed by atoms with Gasteiger partial charge in [0.1, 0.15) is 0 Å². The van der Waals surface area contributed by atoms with Gasteiger partial charge >= 0.3 is 48.4 Å². The van der Waals surface area contributed by atoms with Crippen LogP contribution in [0.1, 0.15) is 21.2 Å². The molecular weight excluding hydrogens is 183 g/mol. The van der Waals surface area contributed by atoms with Crippen LogP contribution in [-0.2, 0) is 3.08 Å². The van der Waals surface area contributed by atoms with E-state index in [9.17, 15) is 3.08 Å². The second kappa shape index (κ2) is 5.60. The van der Waals surface area contributed by atoms with Crippen molar-refractivity contribution in [2.24, 2.45) is 0 Å². The van der Waals surface area contributed by atoms with Crippen molar-refractivity contribution in [1.82, 2.24) is 0 Å². The summed E-state index contributed by atoms with van der Waals surface area (Å²) in [4.78, 5) is 0. The van der Waals surface area contributed by atoms with Gasteiger partial charge in [0.2, 0.25) is 0 Å². The fourth-order valence-electron chi connectivity index (χ4n) is 0.249. The quantitative estimate of drug-likeness (QED) is 0.488. The summed E-state index contributed by atoms with van der Waals surface area (Å²) in [6.07, 6.45) is 2.37. The third kappa shape index (κ3) is 4.60. The van der Waals surface area contributed by atoms with Crippen molar-refractivity contribution in [3.8, 4) is 0 Å². The molecular formula is C4H10OSn-. The maximum Gasteiger partial charge on any atom is -1.00 e. The van der Waals surface area contributed by atoms with E-state index in [2.05, 4.69) is 6.92 Å². The van der Waals surface area contributed by atoms with Crippen molar-refractivity contribution in [3.63, 3.8) is 0 Å². The van der Waals surface area contributed by atoms with Crippen LogP contribution < -0.4 is 0 Å². The number of unbranched alkanes of at least 4 members (excludes halogenated alkanes) is 1. The monoisotopic (exact) mass is 194 g/mol. The van der Waals surface area contributed by atoms with Crippen molar-refractivity contribution in [2.45, 2.75) is 24.2 Å². The smallest absolute Gasteiger partial charge is 1.00 e. The molecule has 0 amide bonds. The maximum absolute atomic E-state index is 9.86. The van der Waals surface area contributed by atoms with Gasteiger partial charge in [0.15, 0.2) is 0 Å². The molecule has 0 aliphatic carbocycles. The SMILES string of the molecule is CCC[CH2][Sn]=[O].[H-]. The van der Waals surface area contributed by atoms with Crippen LogP contribution in [-0.4, -0.2) is 21.1 Å². The molecule has 1 radical (unpaired) electrons. The van der Waals surface area contributed by atoms with E-state index >= 15 is 0 Å². The molecule has 0 aromatic carbocycles. The van der Waals surface area contributed by atoms with Crippen LogP contribution in [0.25, 0.3) is 0 Å². The first kappa shape index (κ1) is 6.60. The largest absolute Gasteiger partial charge is 1.00 e. The van der Waals surface area contributed by atoms with Gasteiger partial charge in [0, 0.05) is 0 Å². The predicted molar refractivity (Wildman–Crippen MR) is 27.3 cm³/mol. The Morgan fingerprint density at radius 1 is 1.83 bits per heavy atom. The van der Waals surface area contributed by atoms with Gasteiger partial charge in [-0.25, -0.2) is 0 Å². The Labute approximate surface area is 50.2 Å². The molecule has 0 spiro atoms. The zero-order valence-corrected chi connectivity index (χ0v) is 6.88. The first-order chi connectivity index (χ1) is 2.91. The average molecular weight is 193 g/mol. The van der Waals surface area contributed by atoms with Crippen LogP contribution in [0.5, 0.6) is 0 Å². The Morgan fingerprint density at radius 3 is 2.67 bits per heavy atom. The minimum absolute atomic E-state index is 0. The van der Waals surface area contributed by atoms with Crippen LogP contribution in [0.3, 0.4) is 0 Å². The zero-order valence-electron chi connectivity index (χ0n) is 5.03. The van der Waals surface area contributed by atoms with Gasteiger partial charge in [-0.05, 0) is 0 Å². The second-order valence-corrected chi connectivity index (χ2v) is 3.50. The van der Waals surface area contributed by atoms with Crippen LogP contribution in [0.2, 0.25) is 4.44 Å². The molecule has 1 nitrogen and oxygen atoms in total. The van der Waals surface area contributed by atoms with Crippen LogP contribution in [0.4, 0.5) is 0 Å². The standard InChI is InChI=1S/C4H9.O.Sn.H/c1-3-4-2;;;/h1,3-4H2,2H3;;;/q;;;-1. The van der Waals surface area contributed by atoms with Crippen molar-refractivity contribution in [3.05, 3.63) is 0 Å². The molecule has 0 heterocycles. The third-order valence-corrected chi connectivity index (χ3v) is 2.22. The average Bonchev–Trinajstić information content (AvgIpc) is 1.61. The molecule has 0 aliphatic heterocycles. The molecule has 37 valence electrons. The summed E-state index contributed by atoms with van der Waals surface area (Å²) in [6.45, 7) is 2.12. The zero-order chi connectivity index (χ0) is 4.83. The summed E-state index contributed by atoms with van der Waals surface area (Å²) in [6, 6.07) is 0. The van der Waals surface area contributed by atoms with Crippen molar-refractivity contribution in [1.29, 1.82) is 0 Å². The maximum atomic E-state index is 9.86. The van der Waals surface area contributed by atoms with E-state index in [1.807, 2.05) is 0 Å². The molecule has 0 atom stereocenters. The summed E-state index contributed by atoms with van der Waals surface area (Å²) in [7, 11) is 0. The predicted octanol–water partition coefficient (Wildman–Crippen LogP) is 1.37. The Balaban J connectivity index is 0. The molecule has 0 saturated carbocycles. The van der Waals surface area contributed by atoms with Gasteiger partial charge in [-0.15, -0.1) is 0 Å². The van der Waals surface area contributed by atoms with Gasteiger partial charge in [0.25, 0.3) is 0 Å². The molecule has 0 N–H and O–H groups in total. The van der Waals surface area contributed by atoms with E-state index in [-0.39, 0.29) is 1.43 Å². The van der Waals surface area contributed by atoms with Crippen molar-refractivity contribution < 1.29 is 4.50 Å². The van der Waals surface area contributed by atoms with E-state index in [1.165, 1.54) is 12.8 Å². The molecule has 0 aliphatic rings. The minimum Gasteiger partial charge on any atom is -1.00 e. The molecule has 0 saturated heterocycles. The number of rotatable bonds is 3. The topological polar surface area (TPSA) is 17.1 Å². The Kier molecular flexibility index (Phi) is 6.16. The molecule has 0 fully saturated rings. The molecule has 0 aromatic heterocycles. The van der Waals surface area contributed by atoms with Crippen molar-refractivity contribution in [2.75, 3.05) is 0 Å². The van der Waals surface area contributed by atoms with Gasteiger partial charge in [-0.1, -0.05) is 0 Å². The van der Waals surface area contributed by atoms with E-state index in [1.54, 1.807) is 0 Å². The normalized spacial score (nSPS) is 8.17. The summed E-state index contributed by atoms with van der Waals surface area (Å²) in [5.41, 5.74) is 0. The van der Waals surface area contributed by atoms with Gasteiger partial charge in [-0.3, -0.25) is 0 Å². The fourth-order valence-corrected chi connectivity index (χ4v) is 1.67. The molecule has 0 rings (SSSR count). The molecule has 2 heteroatoms. The molecule has 0 unspecified atom stereocenters. The van der Waals surface area contributed by atoms with E-state index < -0.39 is 21.1 Å². The number of hydrogen-bond donors (Lipinski definition) is 0. The van der Waals surface area contributed by atoms with Gasteiger partial charge in [-0.2, -0.15) is 0 Å². The molecule has 6 heavy (non-hydrogen) atoms. The Hall–Kier alpha value is 0.599. The van der Waals surface area contributed by atoms with E-state index in [0.717, 1.165) is 4.44 Å². The molecule has 0 aromatic rings. The Bertz CT molecular complexity index is 40.7. The first-order valence-corrected chi connectivity index (χ1v) is 5.45. The summed E-state index contributed by atoms with van der Waals surface area (Å²) < 4.78 is 10.9. The van der Waals surface area contributed by atoms with Gasteiger partial charge < -0.3 is 1.43 Å². The van der Waals surface area contributed by atoms with E-state index in [4.69, 9.17) is 0 Å². The van der Waals surface area contributed by atoms with E-state index in [0.29, 0.717) is 0 Å². The fraction of sp³-hybridized carbons (Fsp3) is 1.00.